The molecule has 3 heterocycles. The van der Waals surface area contributed by atoms with Crippen molar-refractivity contribution in [3.63, 3.8) is 0 Å². The number of hydrogen-bond donors (Lipinski definition) is 1. The summed E-state index contributed by atoms with van der Waals surface area (Å²) in [7, 11) is 0. The lowest BCUT2D eigenvalue weighted by molar-refractivity contribution is -0.154. The zero-order valence-electron chi connectivity index (χ0n) is 15.7. The maximum absolute atomic E-state index is 12.6. The number of anilines is 1. The van der Waals surface area contributed by atoms with Crippen molar-refractivity contribution < 1.29 is 31.1 Å². The predicted molar refractivity (Wildman–Crippen MR) is 101 cm³/mol. The van der Waals surface area contributed by atoms with Crippen LogP contribution in [0.3, 0.4) is 0 Å². The maximum atomic E-state index is 12.6. The molecule has 3 aromatic rings. The number of nitrogens with one attached hydrogen (secondary N) is 1. The predicted octanol–water partition coefficient (Wildman–Crippen LogP) is 4.25. The molecule has 0 saturated heterocycles. The zero-order valence-corrected chi connectivity index (χ0v) is 16.5. The van der Waals surface area contributed by atoms with Gasteiger partial charge in [0.05, 0.1) is 17.4 Å². The molecule has 0 bridgehead atoms. The molecule has 0 amide bonds. The minimum atomic E-state index is -4.58. The summed E-state index contributed by atoms with van der Waals surface area (Å²) in [6, 6.07) is 4.49. The van der Waals surface area contributed by atoms with E-state index in [2.05, 4.69) is 25.1 Å². The Kier molecular flexibility index (Phi) is 6.57. The van der Waals surface area contributed by atoms with E-state index in [-0.39, 0.29) is 29.0 Å². The van der Waals surface area contributed by atoms with Crippen LogP contribution in [0.5, 0.6) is 5.88 Å². The average molecular weight is 480 g/mol. The molecule has 0 radical (unpaired) electrons. The highest BCUT2D eigenvalue weighted by Crippen LogP contribution is 2.28. The van der Waals surface area contributed by atoms with Gasteiger partial charge in [0, 0.05) is 25.0 Å². The van der Waals surface area contributed by atoms with Crippen LogP contribution < -0.4 is 15.6 Å². The van der Waals surface area contributed by atoms with E-state index in [0.29, 0.717) is 11.8 Å². The molecule has 14 heteroatoms. The second kappa shape index (κ2) is 9.02. The Bertz CT molecular complexity index is 1150. The van der Waals surface area contributed by atoms with E-state index in [1.807, 2.05) is 0 Å². The average Bonchev–Trinajstić information content (AvgIpc) is 2.73. The lowest BCUT2D eigenvalue weighted by Crippen LogP contribution is -2.23. The number of aromatic nitrogens is 4. The summed E-state index contributed by atoms with van der Waals surface area (Å²) in [6.07, 6.45) is -6.13. The van der Waals surface area contributed by atoms with Crippen LogP contribution in [-0.2, 0) is 12.7 Å². The number of halogens is 7. The van der Waals surface area contributed by atoms with Gasteiger partial charge >= 0.3 is 12.4 Å². The van der Waals surface area contributed by atoms with Gasteiger partial charge in [0.1, 0.15) is 5.02 Å². The summed E-state index contributed by atoms with van der Waals surface area (Å²) in [5.41, 5.74) is -1.27. The highest BCUT2D eigenvalue weighted by atomic mass is 35.5. The molecule has 170 valence electrons. The number of rotatable bonds is 6. The van der Waals surface area contributed by atoms with Crippen LogP contribution in [0.4, 0.5) is 32.0 Å². The molecule has 7 nitrogen and oxygen atoms in total. The Hall–Kier alpha value is -3.35. The number of alkyl halides is 6. The first-order chi connectivity index (χ1) is 14.9. The van der Waals surface area contributed by atoms with Gasteiger partial charge in [0.25, 0.3) is 5.56 Å². The number of ether oxygens (including phenoxy) is 1. The van der Waals surface area contributed by atoms with E-state index in [1.165, 1.54) is 18.3 Å². The van der Waals surface area contributed by atoms with E-state index >= 15 is 0 Å². The zero-order chi connectivity index (χ0) is 23.5. The van der Waals surface area contributed by atoms with Crippen molar-refractivity contribution in [3.05, 3.63) is 69.4 Å². The van der Waals surface area contributed by atoms with Crippen molar-refractivity contribution in [1.29, 1.82) is 0 Å². The number of hydrogen-bond acceptors (Lipinski definition) is 6. The van der Waals surface area contributed by atoms with E-state index in [9.17, 15) is 31.1 Å². The fraction of sp³-hybridized carbons (Fsp3) is 0.222. The fourth-order valence-corrected chi connectivity index (χ4v) is 2.59. The van der Waals surface area contributed by atoms with Crippen LogP contribution in [0, 0.1) is 0 Å². The summed E-state index contributed by atoms with van der Waals surface area (Å²) < 4.78 is 80.0. The smallest absolute Gasteiger partial charge is 0.422 e. The summed E-state index contributed by atoms with van der Waals surface area (Å²) in [6.45, 7) is -1.46. The topological polar surface area (TPSA) is 81.9 Å². The largest absolute Gasteiger partial charge is 0.468 e. The summed E-state index contributed by atoms with van der Waals surface area (Å²) in [5.74, 6) is -0.410. The first-order valence-corrected chi connectivity index (χ1v) is 9.01. The second-order valence-corrected chi connectivity index (χ2v) is 6.63. The van der Waals surface area contributed by atoms with Gasteiger partial charge in [-0.2, -0.15) is 36.1 Å². The van der Waals surface area contributed by atoms with E-state index in [0.717, 1.165) is 23.0 Å². The molecule has 0 saturated carbocycles. The third-order valence-electron chi connectivity index (χ3n) is 3.88. The lowest BCUT2D eigenvalue weighted by Gasteiger charge is -2.12. The molecule has 32 heavy (non-hydrogen) atoms. The maximum Gasteiger partial charge on any atom is 0.422 e. The third-order valence-corrected chi connectivity index (χ3v) is 4.24. The quantitative estimate of drug-likeness (QED) is 0.532. The monoisotopic (exact) mass is 479 g/mol. The molecule has 0 atom stereocenters. The Morgan fingerprint density at radius 1 is 1.06 bits per heavy atom. The first kappa shape index (κ1) is 23.3. The van der Waals surface area contributed by atoms with Gasteiger partial charge in [-0.15, -0.1) is 0 Å². The van der Waals surface area contributed by atoms with Crippen molar-refractivity contribution in [2.75, 3.05) is 11.9 Å². The SMILES string of the molecule is O=c1c(Cl)c(NCc2ccnc(OCC(F)(F)F)c2)cnn1-c1ccc(C(F)(F)F)cn1. The van der Waals surface area contributed by atoms with Crippen molar-refractivity contribution >= 4 is 17.3 Å². The van der Waals surface area contributed by atoms with E-state index in [4.69, 9.17) is 11.6 Å². The van der Waals surface area contributed by atoms with Gasteiger partial charge < -0.3 is 10.1 Å². The highest BCUT2D eigenvalue weighted by Gasteiger charge is 2.31. The molecule has 0 aliphatic rings. The standard InChI is InChI=1S/C18H12ClF6N5O2/c19-15-12(27-6-10-3-4-26-14(5-10)32-9-17(20,21)22)8-29-30(16(15)31)13-2-1-11(7-28-13)18(23,24)25/h1-5,7-8,27H,6,9H2. The fourth-order valence-electron chi connectivity index (χ4n) is 2.39. The summed E-state index contributed by atoms with van der Waals surface area (Å²) in [5, 5.41) is 6.32. The number of nitrogens with zero attached hydrogens (tertiary/aromatic N) is 4. The molecule has 3 rings (SSSR count). The highest BCUT2D eigenvalue weighted by molar-refractivity contribution is 6.32. The summed E-state index contributed by atoms with van der Waals surface area (Å²) in [4.78, 5) is 19.7. The minimum Gasteiger partial charge on any atom is -0.468 e. The molecule has 0 unspecified atom stereocenters. The Morgan fingerprint density at radius 3 is 2.44 bits per heavy atom. The molecule has 0 spiro atoms. The molecule has 1 N–H and O–H groups in total. The molecular formula is C18H12ClF6N5O2. The van der Waals surface area contributed by atoms with Crippen LogP contribution in [0.1, 0.15) is 11.1 Å². The van der Waals surface area contributed by atoms with Gasteiger partial charge in [-0.3, -0.25) is 4.79 Å². The second-order valence-electron chi connectivity index (χ2n) is 6.25. The van der Waals surface area contributed by atoms with Crippen molar-refractivity contribution in [3.8, 4) is 11.7 Å². The Morgan fingerprint density at radius 2 is 1.81 bits per heavy atom. The Balaban J connectivity index is 1.73. The van der Waals surface area contributed by atoms with Crippen molar-refractivity contribution in [2.45, 2.75) is 18.9 Å². The minimum absolute atomic E-state index is 0.0360. The van der Waals surface area contributed by atoms with Gasteiger partial charge in [0.15, 0.2) is 12.4 Å². The summed E-state index contributed by atoms with van der Waals surface area (Å²) >= 11 is 6.04. The van der Waals surface area contributed by atoms with Crippen LogP contribution in [0.15, 0.2) is 47.7 Å². The van der Waals surface area contributed by atoms with E-state index in [1.54, 1.807) is 0 Å². The van der Waals surface area contributed by atoms with Crippen molar-refractivity contribution in [2.24, 2.45) is 0 Å². The Labute approximate surface area is 180 Å². The van der Waals surface area contributed by atoms with Crippen LogP contribution >= 0.6 is 11.6 Å². The molecular weight excluding hydrogens is 468 g/mol. The van der Waals surface area contributed by atoms with Crippen LogP contribution in [0.25, 0.3) is 5.82 Å². The van der Waals surface area contributed by atoms with Gasteiger partial charge in [-0.1, -0.05) is 11.6 Å². The van der Waals surface area contributed by atoms with Crippen LogP contribution in [0.2, 0.25) is 5.02 Å². The molecule has 0 aliphatic heterocycles. The van der Waals surface area contributed by atoms with Gasteiger partial charge in [0.2, 0.25) is 5.88 Å². The van der Waals surface area contributed by atoms with Gasteiger partial charge in [-0.25, -0.2) is 9.97 Å². The van der Waals surface area contributed by atoms with Crippen molar-refractivity contribution in [1.82, 2.24) is 19.7 Å². The first-order valence-electron chi connectivity index (χ1n) is 8.64. The number of pyridine rings is 2. The molecule has 3 aromatic heterocycles. The normalized spacial score (nSPS) is 12.0. The van der Waals surface area contributed by atoms with E-state index < -0.39 is 30.1 Å². The molecule has 0 fully saturated rings. The molecule has 0 aliphatic carbocycles. The van der Waals surface area contributed by atoms with Crippen LogP contribution in [-0.4, -0.2) is 32.5 Å². The van der Waals surface area contributed by atoms with Gasteiger partial charge in [-0.05, 0) is 23.8 Å². The lowest BCUT2D eigenvalue weighted by atomic mass is 10.2. The third kappa shape index (κ3) is 5.87. The molecule has 0 aromatic carbocycles.